The normalized spacial score (nSPS) is 24.5. The van der Waals surface area contributed by atoms with Gasteiger partial charge in [-0.2, -0.15) is 0 Å². The van der Waals surface area contributed by atoms with Gasteiger partial charge in [-0.05, 0) is 13.0 Å². The fourth-order valence-electron chi connectivity index (χ4n) is 1.52. The van der Waals surface area contributed by atoms with Crippen LogP contribution >= 0.6 is 0 Å². The van der Waals surface area contributed by atoms with E-state index in [2.05, 4.69) is 0 Å². The SMILES string of the molecule is CC1(N)Cc2cc(O)c(O)cc2OC1=O. The van der Waals surface area contributed by atoms with Gasteiger partial charge in [-0.1, -0.05) is 0 Å². The first kappa shape index (κ1) is 9.79. The maximum absolute atomic E-state index is 11.4. The minimum Gasteiger partial charge on any atom is -0.504 e. The number of carbonyl (C=O) groups excluding carboxylic acids is 1. The van der Waals surface area contributed by atoms with Gasteiger partial charge in [-0.25, -0.2) is 4.79 Å². The number of aromatic hydroxyl groups is 2. The number of ether oxygens (including phenoxy) is 1. The van der Waals surface area contributed by atoms with Crippen LogP contribution in [-0.4, -0.2) is 21.7 Å². The Balaban J connectivity index is 2.51. The van der Waals surface area contributed by atoms with E-state index in [9.17, 15) is 15.0 Å². The lowest BCUT2D eigenvalue weighted by Gasteiger charge is -2.28. The van der Waals surface area contributed by atoms with Crippen molar-refractivity contribution in [3.63, 3.8) is 0 Å². The maximum Gasteiger partial charge on any atom is 0.331 e. The molecule has 5 nitrogen and oxygen atoms in total. The van der Waals surface area contributed by atoms with Crippen molar-refractivity contribution in [3.05, 3.63) is 17.7 Å². The third-order valence-electron chi connectivity index (χ3n) is 2.38. The van der Waals surface area contributed by atoms with Crippen molar-refractivity contribution in [2.24, 2.45) is 5.73 Å². The largest absolute Gasteiger partial charge is 0.504 e. The van der Waals surface area contributed by atoms with Crippen molar-refractivity contribution in [1.29, 1.82) is 0 Å². The predicted octanol–water partition coefficient (Wildman–Crippen LogP) is 0.277. The van der Waals surface area contributed by atoms with Crippen LogP contribution in [0.15, 0.2) is 12.1 Å². The van der Waals surface area contributed by atoms with Crippen molar-refractivity contribution in [2.75, 3.05) is 0 Å². The highest BCUT2D eigenvalue weighted by molar-refractivity contribution is 5.85. The van der Waals surface area contributed by atoms with Crippen molar-refractivity contribution >= 4 is 5.97 Å². The Bertz CT molecular complexity index is 439. The molecule has 0 radical (unpaired) electrons. The summed E-state index contributed by atoms with van der Waals surface area (Å²) in [5.74, 6) is -0.858. The average Bonchev–Trinajstić information content (AvgIpc) is 2.11. The molecule has 1 unspecified atom stereocenters. The molecule has 0 amide bonds. The zero-order valence-corrected chi connectivity index (χ0v) is 8.15. The van der Waals surface area contributed by atoms with E-state index in [0.29, 0.717) is 5.56 Å². The van der Waals surface area contributed by atoms with E-state index < -0.39 is 11.5 Å². The summed E-state index contributed by atoms with van der Waals surface area (Å²) in [4.78, 5) is 11.4. The molecule has 0 saturated carbocycles. The standard InChI is InChI=1S/C10H11NO4/c1-10(11)4-5-2-6(12)7(13)3-8(5)15-9(10)14/h2-3,12-13H,4,11H2,1H3. The van der Waals surface area contributed by atoms with E-state index in [1.54, 1.807) is 6.92 Å². The number of phenolic OH excluding ortho intramolecular Hbond substituents is 2. The molecule has 4 N–H and O–H groups in total. The lowest BCUT2D eigenvalue weighted by atomic mass is 9.91. The van der Waals surface area contributed by atoms with Gasteiger partial charge in [0.15, 0.2) is 11.5 Å². The molecule has 2 rings (SSSR count). The fourth-order valence-corrected chi connectivity index (χ4v) is 1.52. The minimum absolute atomic E-state index is 0.248. The topological polar surface area (TPSA) is 92.8 Å². The fraction of sp³-hybridized carbons (Fsp3) is 0.300. The lowest BCUT2D eigenvalue weighted by Crippen LogP contribution is -2.51. The van der Waals surface area contributed by atoms with Gasteiger partial charge in [0.05, 0.1) is 0 Å². The molecule has 1 aliphatic rings. The number of fused-ring (bicyclic) bond motifs is 1. The van der Waals surface area contributed by atoms with Gasteiger partial charge >= 0.3 is 5.97 Å². The van der Waals surface area contributed by atoms with Gasteiger partial charge in [-0.3, -0.25) is 0 Å². The smallest absolute Gasteiger partial charge is 0.331 e. The van der Waals surface area contributed by atoms with E-state index in [0.717, 1.165) is 0 Å². The van der Waals surface area contributed by atoms with Crippen molar-refractivity contribution < 1.29 is 19.7 Å². The molecule has 1 aliphatic heterocycles. The van der Waals surface area contributed by atoms with Gasteiger partial charge < -0.3 is 20.7 Å². The zero-order valence-electron chi connectivity index (χ0n) is 8.15. The third kappa shape index (κ3) is 1.50. The highest BCUT2D eigenvalue weighted by atomic mass is 16.5. The van der Waals surface area contributed by atoms with E-state index in [-0.39, 0.29) is 23.7 Å². The van der Waals surface area contributed by atoms with E-state index in [1.807, 2.05) is 0 Å². The zero-order chi connectivity index (χ0) is 11.2. The molecule has 0 aliphatic carbocycles. The predicted molar refractivity (Wildman–Crippen MR) is 51.7 cm³/mol. The number of esters is 1. The average molecular weight is 209 g/mol. The Morgan fingerprint density at radius 3 is 2.67 bits per heavy atom. The molecule has 1 heterocycles. The Morgan fingerprint density at radius 1 is 1.40 bits per heavy atom. The second-order valence-corrected chi connectivity index (χ2v) is 3.93. The molecule has 80 valence electrons. The summed E-state index contributed by atoms with van der Waals surface area (Å²) >= 11 is 0. The number of nitrogens with two attached hydrogens (primary N) is 1. The van der Waals surface area contributed by atoms with Gasteiger partial charge in [0.1, 0.15) is 11.3 Å². The maximum atomic E-state index is 11.4. The number of benzene rings is 1. The van der Waals surface area contributed by atoms with Crippen molar-refractivity contribution in [3.8, 4) is 17.2 Å². The second kappa shape index (κ2) is 2.87. The molecule has 1 aromatic rings. The summed E-state index contributed by atoms with van der Waals surface area (Å²) in [7, 11) is 0. The van der Waals surface area contributed by atoms with Crippen LogP contribution in [0.5, 0.6) is 17.2 Å². The monoisotopic (exact) mass is 209 g/mol. The quantitative estimate of drug-likeness (QED) is 0.324. The molecule has 0 aromatic heterocycles. The minimum atomic E-state index is -1.09. The number of rotatable bonds is 0. The van der Waals surface area contributed by atoms with E-state index >= 15 is 0 Å². The summed E-state index contributed by atoms with van der Waals surface area (Å²) < 4.78 is 4.95. The molecular weight excluding hydrogens is 198 g/mol. The summed E-state index contributed by atoms with van der Waals surface area (Å²) in [6.45, 7) is 1.56. The highest BCUT2D eigenvalue weighted by Gasteiger charge is 2.37. The summed E-state index contributed by atoms with van der Waals surface area (Å²) in [6, 6.07) is 2.56. The van der Waals surface area contributed by atoms with Crippen LogP contribution in [0.1, 0.15) is 12.5 Å². The third-order valence-corrected chi connectivity index (χ3v) is 2.38. The molecule has 0 fully saturated rings. The van der Waals surface area contributed by atoms with Crippen LogP contribution in [0.25, 0.3) is 0 Å². The molecule has 0 bridgehead atoms. The molecule has 1 aromatic carbocycles. The van der Waals surface area contributed by atoms with E-state index in [4.69, 9.17) is 10.5 Å². The van der Waals surface area contributed by atoms with Crippen LogP contribution < -0.4 is 10.5 Å². The molecule has 0 spiro atoms. The van der Waals surface area contributed by atoms with Crippen LogP contribution in [0.4, 0.5) is 0 Å². The first-order valence-electron chi connectivity index (χ1n) is 4.46. The van der Waals surface area contributed by atoms with E-state index in [1.165, 1.54) is 12.1 Å². The van der Waals surface area contributed by atoms with Gasteiger partial charge in [0, 0.05) is 18.1 Å². The number of phenols is 2. The Morgan fingerprint density at radius 2 is 2.00 bits per heavy atom. The van der Waals surface area contributed by atoms with Gasteiger partial charge in [-0.15, -0.1) is 0 Å². The van der Waals surface area contributed by atoms with Gasteiger partial charge in [0.2, 0.25) is 0 Å². The van der Waals surface area contributed by atoms with Crippen LogP contribution in [0.2, 0.25) is 0 Å². The molecule has 5 heteroatoms. The summed E-state index contributed by atoms with van der Waals surface area (Å²) in [5, 5.41) is 18.5. The molecular formula is C10H11NO4. The summed E-state index contributed by atoms with van der Waals surface area (Å²) in [6.07, 6.45) is 0.273. The molecule has 1 atom stereocenters. The van der Waals surface area contributed by atoms with Crippen molar-refractivity contribution in [2.45, 2.75) is 18.9 Å². The number of hydrogen-bond donors (Lipinski definition) is 3. The highest BCUT2D eigenvalue weighted by Crippen LogP contribution is 2.37. The van der Waals surface area contributed by atoms with Crippen LogP contribution in [0.3, 0.4) is 0 Å². The second-order valence-electron chi connectivity index (χ2n) is 3.93. The Kier molecular flexibility index (Phi) is 1.87. The van der Waals surface area contributed by atoms with Crippen LogP contribution in [0, 0.1) is 0 Å². The number of carbonyl (C=O) groups is 1. The lowest BCUT2D eigenvalue weighted by molar-refractivity contribution is -0.141. The summed E-state index contributed by atoms with van der Waals surface area (Å²) in [5.41, 5.74) is 5.23. The number of hydrogen-bond acceptors (Lipinski definition) is 5. The van der Waals surface area contributed by atoms with Gasteiger partial charge in [0.25, 0.3) is 0 Å². The Labute approximate surface area is 86.1 Å². The first-order valence-corrected chi connectivity index (χ1v) is 4.46. The van der Waals surface area contributed by atoms with Crippen LogP contribution in [-0.2, 0) is 11.2 Å². The molecule has 15 heavy (non-hydrogen) atoms. The van der Waals surface area contributed by atoms with Crippen molar-refractivity contribution in [1.82, 2.24) is 0 Å². The molecule has 0 saturated heterocycles. The first-order chi connectivity index (χ1) is 6.90. The Hall–Kier alpha value is -1.75.